The Morgan fingerprint density at radius 3 is 2.56 bits per heavy atom. The summed E-state index contributed by atoms with van der Waals surface area (Å²) in [5.41, 5.74) is 2.78. The summed E-state index contributed by atoms with van der Waals surface area (Å²) in [6.45, 7) is 12.7. The molecule has 1 aromatic rings. The van der Waals surface area contributed by atoms with E-state index in [1.54, 1.807) is 13.0 Å². The molecule has 138 valence electrons. The molecule has 0 saturated carbocycles. The second-order valence-electron chi connectivity index (χ2n) is 7.95. The van der Waals surface area contributed by atoms with Crippen LogP contribution in [0.15, 0.2) is 11.6 Å². The van der Waals surface area contributed by atoms with Gasteiger partial charge in [-0.1, -0.05) is 26.3 Å². The third kappa shape index (κ3) is 4.72. The minimum absolute atomic E-state index is 0.198. The molecule has 0 spiro atoms. The summed E-state index contributed by atoms with van der Waals surface area (Å²) >= 11 is 1.53. The number of hydrogen-bond acceptors (Lipinski definition) is 4. The van der Waals surface area contributed by atoms with Gasteiger partial charge in [0.1, 0.15) is 5.00 Å². The predicted molar refractivity (Wildman–Crippen MR) is 103 cm³/mol. The molecule has 1 aliphatic carbocycles. The predicted octanol–water partition coefficient (Wildman–Crippen LogP) is 4.98. The van der Waals surface area contributed by atoms with E-state index in [0.29, 0.717) is 23.1 Å². The van der Waals surface area contributed by atoms with E-state index in [2.05, 4.69) is 26.1 Å². The molecule has 1 N–H and O–H groups in total. The lowest BCUT2D eigenvalue weighted by atomic mass is 9.72. The molecule has 5 heteroatoms. The summed E-state index contributed by atoms with van der Waals surface area (Å²) in [5.74, 6) is 0.0493. The number of carbonyl (C=O) groups is 2. The van der Waals surface area contributed by atoms with E-state index < -0.39 is 0 Å². The zero-order valence-electron chi connectivity index (χ0n) is 16.1. The SMILES string of the molecule is CCOC(=O)c1c(NC(=O)C=C(C)C)sc2c1CC[C@H](C(C)(C)C)C2. The number of fused-ring (bicyclic) bond motifs is 1. The first-order valence-corrected chi connectivity index (χ1v) is 9.72. The average Bonchev–Trinajstić information content (AvgIpc) is 2.82. The summed E-state index contributed by atoms with van der Waals surface area (Å²) in [6.07, 6.45) is 4.42. The number of allylic oxidation sites excluding steroid dienone is 1. The first kappa shape index (κ1) is 19.7. The van der Waals surface area contributed by atoms with Gasteiger partial charge in [-0.05, 0) is 56.9 Å². The number of thiophene rings is 1. The van der Waals surface area contributed by atoms with E-state index in [0.717, 1.165) is 30.4 Å². The van der Waals surface area contributed by atoms with Crippen LogP contribution in [0.4, 0.5) is 5.00 Å². The number of rotatable bonds is 4. The molecule has 1 heterocycles. The van der Waals surface area contributed by atoms with Gasteiger partial charge >= 0.3 is 5.97 Å². The van der Waals surface area contributed by atoms with Gasteiger partial charge in [-0.3, -0.25) is 4.79 Å². The molecule has 0 unspecified atom stereocenters. The Hall–Kier alpha value is -1.62. The van der Waals surface area contributed by atoms with E-state index in [1.807, 2.05) is 13.8 Å². The standard InChI is InChI=1S/C20H29NO3S/c1-7-24-19(23)17-14-9-8-13(20(4,5)6)11-15(14)25-18(17)21-16(22)10-12(2)3/h10,13H,7-9,11H2,1-6H3,(H,21,22)/t13-/m0/s1. The molecule has 4 nitrogen and oxygen atoms in total. The molecule has 0 fully saturated rings. The number of ether oxygens (including phenoxy) is 1. The number of hydrogen-bond donors (Lipinski definition) is 1. The maximum Gasteiger partial charge on any atom is 0.341 e. The normalized spacial score (nSPS) is 16.8. The maximum atomic E-state index is 12.5. The Balaban J connectivity index is 2.39. The van der Waals surface area contributed by atoms with Gasteiger partial charge in [-0.2, -0.15) is 0 Å². The fourth-order valence-corrected chi connectivity index (χ4v) is 4.56. The quantitative estimate of drug-likeness (QED) is 0.606. The Morgan fingerprint density at radius 2 is 2.00 bits per heavy atom. The summed E-state index contributed by atoms with van der Waals surface area (Å²) < 4.78 is 5.25. The van der Waals surface area contributed by atoms with E-state index >= 15 is 0 Å². The van der Waals surface area contributed by atoms with E-state index in [-0.39, 0.29) is 17.3 Å². The molecule has 1 aromatic heterocycles. The Morgan fingerprint density at radius 1 is 1.32 bits per heavy atom. The number of anilines is 1. The highest BCUT2D eigenvalue weighted by atomic mass is 32.1. The smallest absolute Gasteiger partial charge is 0.341 e. The minimum Gasteiger partial charge on any atom is -0.462 e. The monoisotopic (exact) mass is 363 g/mol. The van der Waals surface area contributed by atoms with E-state index in [1.165, 1.54) is 16.2 Å². The summed E-state index contributed by atoms with van der Waals surface area (Å²) in [7, 11) is 0. The second kappa shape index (κ2) is 7.73. The maximum absolute atomic E-state index is 12.5. The number of nitrogens with one attached hydrogen (secondary N) is 1. The summed E-state index contributed by atoms with van der Waals surface area (Å²) in [6, 6.07) is 0. The largest absolute Gasteiger partial charge is 0.462 e. The van der Waals surface area contributed by atoms with Crippen molar-refractivity contribution in [3.8, 4) is 0 Å². The molecule has 0 aromatic carbocycles. The molecule has 2 rings (SSSR count). The van der Waals surface area contributed by atoms with Gasteiger partial charge in [0.2, 0.25) is 5.91 Å². The van der Waals surface area contributed by atoms with Gasteiger partial charge in [0.05, 0.1) is 12.2 Å². The van der Waals surface area contributed by atoms with Crippen LogP contribution < -0.4 is 5.32 Å². The third-order valence-electron chi connectivity index (χ3n) is 4.63. The van der Waals surface area contributed by atoms with Gasteiger partial charge in [0, 0.05) is 11.0 Å². The molecular weight excluding hydrogens is 334 g/mol. The highest BCUT2D eigenvalue weighted by Crippen LogP contribution is 2.44. The molecule has 0 saturated heterocycles. The van der Waals surface area contributed by atoms with Gasteiger partial charge in [-0.15, -0.1) is 11.3 Å². The van der Waals surface area contributed by atoms with Crippen LogP contribution in [0.25, 0.3) is 0 Å². The van der Waals surface area contributed by atoms with Gasteiger partial charge in [-0.25, -0.2) is 4.79 Å². The molecule has 1 aliphatic rings. The van der Waals surface area contributed by atoms with Gasteiger partial charge < -0.3 is 10.1 Å². The van der Waals surface area contributed by atoms with Crippen molar-refractivity contribution < 1.29 is 14.3 Å². The Bertz CT molecular complexity index is 691. The van der Waals surface area contributed by atoms with Crippen molar-refractivity contribution in [2.24, 2.45) is 11.3 Å². The molecule has 25 heavy (non-hydrogen) atoms. The van der Waals surface area contributed by atoms with Crippen molar-refractivity contribution >= 4 is 28.2 Å². The Kier molecular flexibility index (Phi) is 6.09. The first-order chi connectivity index (χ1) is 11.6. The summed E-state index contributed by atoms with van der Waals surface area (Å²) in [5, 5.41) is 3.52. The molecule has 1 amide bonds. The fourth-order valence-electron chi connectivity index (χ4n) is 3.24. The molecule has 0 radical (unpaired) electrons. The average molecular weight is 364 g/mol. The van der Waals surface area contributed by atoms with E-state index in [9.17, 15) is 9.59 Å². The van der Waals surface area contributed by atoms with Crippen LogP contribution in [0.3, 0.4) is 0 Å². The Labute approximate surface area is 154 Å². The highest BCUT2D eigenvalue weighted by Gasteiger charge is 2.34. The van der Waals surface area contributed by atoms with Crippen LogP contribution in [-0.2, 0) is 22.4 Å². The molecule has 1 atom stereocenters. The molecular formula is C20H29NO3S. The van der Waals surface area contributed by atoms with Gasteiger partial charge in [0.15, 0.2) is 0 Å². The van der Waals surface area contributed by atoms with Crippen LogP contribution in [-0.4, -0.2) is 18.5 Å². The summed E-state index contributed by atoms with van der Waals surface area (Å²) in [4.78, 5) is 25.9. The van der Waals surface area contributed by atoms with Crippen molar-refractivity contribution in [2.75, 3.05) is 11.9 Å². The molecule has 0 bridgehead atoms. The topological polar surface area (TPSA) is 55.4 Å². The lowest BCUT2D eigenvalue weighted by molar-refractivity contribution is -0.111. The number of esters is 1. The zero-order valence-corrected chi connectivity index (χ0v) is 16.9. The lowest BCUT2D eigenvalue weighted by Crippen LogP contribution is -2.26. The van der Waals surface area contributed by atoms with Gasteiger partial charge in [0.25, 0.3) is 0 Å². The van der Waals surface area contributed by atoms with Crippen LogP contribution in [0.5, 0.6) is 0 Å². The van der Waals surface area contributed by atoms with Crippen LogP contribution >= 0.6 is 11.3 Å². The number of carbonyl (C=O) groups excluding carboxylic acids is 2. The van der Waals surface area contributed by atoms with Crippen LogP contribution in [0.1, 0.15) is 68.8 Å². The van der Waals surface area contributed by atoms with E-state index in [4.69, 9.17) is 4.74 Å². The van der Waals surface area contributed by atoms with Crippen molar-refractivity contribution in [3.63, 3.8) is 0 Å². The fraction of sp³-hybridized carbons (Fsp3) is 0.600. The van der Waals surface area contributed by atoms with Crippen molar-refractivity contribution in [1.29, 1.82) is 0 Å². The lowest BCUT2D eigenvalue weighted by Gasteiger charge is -2.33. The van der Waals surface area contributed by atoms with Crippen LogP contribution in [0.2, 0.25) is 0 Å². The van der Waals surface area contributed by atoms with Crippen molar-refractivity contribution in [2.45, 2.75) is 60.8 Å². The zero-order chi connectivity index (χ0) is 18.8. The first-order valence-electron chi connectivity index (χ1n) is 8.91. The number of amides is 1. The van der Waals surface area contributed by atoms with Crippen molar-refractivity contribution in [3.05, 3.63) is 27.7 Å². The second-order valence-corrected chi connectivity index (χ2v) is 9.05. The van der Waals surface area contributed by atoms with Crippen LogP contribution in [0, 0.1) is 11.3 Å². The van der Waals surface area contributed by atoms with Crippen molar-refractivity contribution in [1.82, 2.24) is 0 Å². The third-order valence-corrected chi connectivity index (χ3v) is 5.80. The highest BCUT2D eigenvalue weighted by molar-refractivity contribution is 7.17. The molecule has 0 aliphatic heterocycles. The minimum atomic E-state index is -0.332.